The van der Waals surface area contributed by atoms with Crippen molar-refractivity contribution in [3.05, 3.63) is 35.7 Å². The van der Waals surface area contributed by atoms with E-state index in [1.54, 1.807) is 0 Å². The quantitative estimate of drug-likeness (QED) is 0.918. The molecule has 1 aliphatic rings. The molecule has 100 valence electrons. The minimum atomic E-state index is 0.227. The number of piperidine rings is 1. The van der Waals surface area contributed by atoms with Crippen LogP contribution in [0, 0.1) is 0 Å². The molecule has 1 atom stereocenters. The third kappa shape index (κ3) is 2.68. The van der Waals surface area contributed by atoms with Gasteiger partial charge in [0.2, 0.25) is 11.7 Å². The predicted octanol–water partition coefficient (Wildman–Crippen LogP) is 3.11. The molecule has 1 aromatic carbocycles. The minimum absolute atomic E-state index is 0.227. The maximum atomic E-state index is 5.39. The largest absolute Gasteiger partial charge is 0.337 e. The molecule has 1 fully saturated rings. The number of hydrogen-bond donors (Lipinski definition) is 1. The van der Waals surface area contributed by atoms with Gasteiger partial charge in [-0.1, -0.05) is 42.8 Å². The molecular formula is C15H19N3O. The zero-order valence-electron chi connectivity index (χ0n) is 11.2. The first-order valence-corrected chi connectivity index (χ1v) is 7.03. The van der Waals surface area contributed by atoms with Crippen molar-refractivity contribution in [3.63, 3.8) is 0 Å². The van der Waals surface area contributed by atoms with Crippen molar-refractivity contribution in [3.8, 4) is 11.4 Å². The van der Waals surface area contributed by atoms with Crippen LogP contribution in [0.2, 0.25) is 0 Å². The first kappa shape index (κ1) is 12.4. The van der Waals surface area contributed by atoms with E-state index >= 15 is 0 Å². The monoisotopic (exact) mass is 257 g/mol. The summed E-state index contributed by atoms with van der Waals surface area (Å²) >= 11 is 0. The van der Waals surface area contributed by atoms with Gasteiger partial charge in [-0.05, 0) is 31.4 Å². The number of aromatic nitrogens is 2. The molecule has 4 nitrogen and oxygen atoms in total. The van der Waals surface area contributed by atoms with Gasteiger partial charge in [0.25, 0.3) is 0 Å². The summed E-state index contributed by atoms with van der Waals surface area (Å²) in [6, 6.07) is 8.57. The highest BCUT2D eigenvalue weighted by Gasteiger charge is 2.21. The number of nitrogens with one attached hydrogen (secondary N) is 1. The molecule has 0 saturated carbocycles. The summed E-state index contributed by atoms with van der Waals surface area (Å²) in [6.45, 7) is 3.18. The average molecular weight is 257 g/mol. The number of aryl methyl sites for hydroxylation is 1. The van der Waals surface area contributed by atoms with Gasteiger partial charge in [0.1, 0.15) is 0 Å². The standard InChI is InChI=1S/C15H19N3O/c1-2-11-6-8-12(9-7-11)14-17-15(19-18-14)13-5-3-4-10-16-13/h6-9,13,16H,2-5,10H2,1H3/t13-/m1/s1. The van der Waals surface area contributed by atoms with Gasteiger partial charge in [0.05, 0.1) is 6.04 Å². The highest BCUT2D eigenvalue weighted by Crippen LogP contribution is 2.24. The second kappa shape index (κ2) is 5.53. The molecule has 1 N–H and O–H groups in total. The van der Waals surface area contributed by atoms with Crippen molar-refractivity contribution in [2.45, 2.75) is 38.6 Å². The Bertz CT molecular complexity index is 527. The van der Waals surface area contributed by atoms with Crippen molar-refractivity contribution in [2.24, 2.45) is 0 Å². The topological polar surface area (TPSA) is 51.0 Å². The van der Waals surface area contributed by atoms with Crippen molar-refractivity contribution < 1.29 is 4.52 Å². The van der Waals surface area contributed by atoms with Gasteiger partial charge in [-0.2, -0.15) is 4.98 Å². The molecule has 0 amide bonds. The summed E-state index contributed by atoms with van der Waals surface area (Å²) in [5, 5.41) is 7.51. The van der Waals surface area contributed by atoms with Gasteiger partial charge in [0, 0.05) is 5.56 Å². The Balaban J connectivity index is 1.79. The summed E-state index contributed by atoms with van der Waals surface area (Å²) in [7, 11) is 0. The molecule has 0 aliphatic carbocycles. The smallest absolute Gasteiger partial charge is 0.244 e. The number of rotatable bonds is 3. The van der Waals surface area contributed by atoms with Gasteiger partial charge < -0.3 is 9.84 Å². The maximum absolute atomic E-state index is 5.39. The minimum Gasteiger partial charge on any atom is -0.337 e. The summed E-state index contributed by atoms with van der Waals surface area (Å²) in [6.07, 6.45) is 4.58. The van der Waals surface area contributed by atoms with Crippen LogP contribution >= 0.6 is 0 Å². The van der Waals surface area contributed by atoms with E-state index in [1.807, 2.05) is 0 Å². The van der Waals surface area contributed by atoms with E-state index < -0.39 is 0 Å². The SMILES string of the molecule is CCc1ccc(-c2noc([C@H]3CCCCN3)n2)cc1. The number of benzene rings is 1. The lowest BCUT2D eigenvalue weighted by Gasteiger charge is -2.19. The molecule has 2 heterocycles. The molecule has 1 aromatic heterocycles. The third-order valence-corrected chi connectivity index (χ3v) is 3.67. The molecule has 0 spiro atoms. The van der Waals surface area contributed by atoms with Crippen LogP contribution in [-0.2, 0) is 6.42 Å². The molecule has 2 aromatic rings. The van der Waals surface area contributed by atoms with E-state index in [0.29, 0.717) is 11.7 Å². The molecule has 0 radical (unpaired) electrons. The molecule has 1 saturated heterocycles. The van der Waals surface area contributed by atoms with Gasteiger partial charge in [-0.15, -0.1) is 0 Å². The van der Waals surface area contributed by atoms with Crippen LogP contribution in [0.3, 0.4) is 0 Å². The van der Waals surface area contributed by atoms with Crippen LogP contribution in [-0.4, -0.2) is 16.7 Å². The van der Waals surface area contributed by atoms with Crippen LogP contribution in [0.5, 0.6) is 0 Å². The maximum Gasteiger partial charge on any atom is 0.244 e. The second-order valence-corrected chi connectivity index (χ2v) is 5.01. The Morgan fingerprint density at radius 1 is 1.26 bits per heavy atom. The number of hydrogen-bond acceptors (Lipinski definition) is 4. The van der Waals surface area contributed by atoms with Gasteiger partial charge in [-0.25, -0.2) is 0 Å². The molecule has 0 bridgehead atoms. The van der Waals surface area contributed by atoms with Crippen LogP contribution in [0.1, 0.15) is 43.7 Å². The van der Waals surface area contributed by atoms with Gasteiger partial charge in [-0.3, -0.25) is 0 Å². The zero-order valence-corrected chi connectivity index (χ0v) is 11.2. The van der Waals surface area contributed by atoms with Crippen molar-refractivity contribution in [1.82, 2.24) is 15.5 Å². The van der Waals surface area contributed by atoms with Crippen LogP contribution < -0.4 is 5.32 Å². The van der Waals surface area contributed by atoms with E-state index in [9.17, 15) is 0 Å². The fourth-order valence-electron chi connectivity index (χ4n) is 2.45. The Labute approximate surface area is 113 Å². The fourth-order valence-corrected chi connectivity index (χ4v) is 2.45. The molecule has 0 unspecified atom stereocenters. The normalized spacial score (nSPS) is 19.5. The predicted molar refractivity (Wildman–Crippen MR) is 73.7 cm³/mol. The highest BCUT2D eigenvalue weighted by atomic mass is 16.5. The summed E-state index contributed by atoms with van der Waals surface area (Å²) in [4.78, 5) is 4.52. The van der Waals surface area contributed by atoms with Crippen LogP contribution in [0.15, 0.2) is 28.8 Å². The molecule has 19 heavy (non-hydrogen) atoms. The second-order valence-electron chi connectivity index (χ2n) is 5.01. The first-order chi connectivity index (χ1) is 9.36. The third-order valence-electron chi connectivity index (χ3n) is 3.67. The van der Waals surface area contributed by atoms with Gasteiger partial charge in [0.15, 0.2) is 0 Å². The van der Waals surface area contributed by atoms with Crippen molar-refractivity contribution in [2.75, 3.05) is 6.54 Å². The molecular weight excluding hydrogens is 238 g/mol. The van der Waals surface area contributed by atoms with Gasteiger partial charge >= 0.3 is 0 Å². The van der Waals surface area contributed by atoms with E-state index in [4.69, 9.17) is 4.52 Å². The summed E-state index contributed by atoms with van der Waals surface area (Å²) in [5.41, 5.74) is 2.34. The molecule has 3 rings (SSSR count). The lowest BCUT2D eigenvalue weighted by molar-refractivity contribution is 0.297. The molecule has 4 heteroatoms. The average Bonchev–Trinajstić information content (AvgIpc) is 2.98. The zero-order chi connectivity index (χ0) is 13.1. The Hall–Kier alpha value is -1.68. The lowest BCUT2D eigenvalue weighted by Crippen LogP contribution is -2.26. The molecule has 1 aliphatic heterocycles. The number of nitrogens with zero attached hydrogens (tertiary/aromatic N) is 2. The summed E-state index contributed by atoms with van der Waals surface area (Å²) in [5.74, 6) is 1.40. The Morgan fingerprint density at radius 3 is 2.79 bits per heavy atom. The Kier molecular flexibility index (Phi) is 3.60. The lowest BCUT2D eigenvalue weighted by atomic mass is 10.1. The van der Waals surface area contributed by atoms with Crippen LogP contribution in [0.4, 0.5) is 0 Å². The van der Waals surface area contributed by atoms with Crippen molar-refractivity contribution in [1.29, 1.82) is 0 Å². The Morgan fingerprint density at radius 2 is 2.11 bits per heavy atom. The van der Waals surface area contributed by atoms with E-state index in [2.05, 4.69) is 46.6 Å². The van der Waals surface area contributed by atoms with E-state index in [1.165, 1.54) is 18.4 Å². The fraction of sp³-hybridized carbons (Fsp3) is 0.467. The summed E-state index contributed by atoms with van der Waals surface area (Å²) < 4.78 is 5.39. The van der Waals surface area contributed by atoms with E-state index in [-0.39, 0.29) is 6.04 Å². The van der Waals surface area contributed by atoms with Crippen LogP contribution in [0.25, 0.3) is 11.4 Å². The van der Waals surface area contributed by atoms with Crippen molar-refractivity contribution >= 4 is 0 Å². The van der Waals surface area contributed by atoms with E-state index in [0.717, 1.165) is 24.9 Å². The first-order valence-electron chi connectivity index (χ1n) is 7.03. The highest BCUT2D eigenvalue weighted by molar-refractivity contribution is 5.54.